The summed E-state index contributed by atoms with van der Waals surface area (Å²) in [4.78, 5) is 2.98. The van der Waals surface area contributed by atoms with E-state index in [1.165, 1.54) is 96.3 Å². The highest BCUT2D eigenvalue weighted by Gasteiger charge is 2.52. The lowest BCUT2D eigenvalue weighted by atomic mass is 9.65. The molecule has 1 aromatic rings. The van der Waals surface area contributed by atoms with Gasteiger partial charge in [-0.25, -0.2) is 0 Å². The average Bonchev–Trinajstić information content (AvgIpc) is 3.46. The Kier molecular flexibility index (Phi) is 6.11. The number of likely N-dealkylation sites (tertiary alicyclic amines) is 1. The first kappa shape index (κ1) is 21.6. The fourth-order valence-corrected chi connectivity index (χ4v) is 9.17. The highest BCUT2D eigenvalue weighted by molar-refractivity contribution is 5.09. The fraction of sp³-hybridized carbons (Fsp3) is 0.929. The molecule has 4 saturated carbocycles. The van der Waals surface area contributed by atoms with Gasteiger partial charge in [0, 0.05) is 30.0 Å². The molecular weight excluding hydrogens is 394 g/mol. The van der Waals surface area contributed by atoms with Gasteiger partial charge in [0.1, 0.15) is 0 Å². The van der Waals surface area contributed by atoms with Gasteiger partial charge >= 0.3 is 0 Å². The van der Waals surface area contributed by atoms with Crippen molar-refractivity contribution in [1.82, 2.24) is 15.1 Å². The topological polar surface area (TPSA) is 42.2 Å². The van der Waals surface area contributed by atoms with Crippen LogP contribution in [0.4, 0.5) is 0 Å². The Balaban J connectivity index is 1.19. The number of aromatic nitrogens is 2. The SMILES string of the molecule is CCC(C)N1C2CCCCC2C2CC(c3nnc(C4CCCC5CCCCC54)o3)CCC21. The smallest absolute Gasteiger partial charge is 0.219 e. The molecule has 9 unspecified atom stereocenters. The molecule has 4 nitrogen and oxygen atoms in total. The normalized spacial score (nSPS) is 43.3. The van der Waals surface area contributed by atoms with Gasteiger partial charge < -0.3 is 4.42 Å². The van der Waals surface area contributed by atoms with Gasteiger partial charge in [0.2, 0.25) is 11.8 Å². The maximum absolute atomic E-state index is 6.56. The molecule has 0 spiro atoms. The molecule has 5 fully saturated rings. The Morgan fingerprint density at radius 2 is 1.50 bits per heavy atom. The van der Waals surface area contributed by atoms with Crippen molar-refractivity contribution in [3.05, 3.63) is 11.8 Å². The van der Waals surface area contributed by atoms with Gasteiger partial charge in [-0.2, -0.15) is 0 Å². The molecule has 32 heavy (non-hydrogen) atoms. The first-order chi connectivity index (χ1) is 15.7. The van der Waals surface area contributed by atoms with Crippen LogP contribution in [0.15, 0.2) is 4.42 Å². The molecule has 0 radical (unpaired) electrons. The van der Waals surface area contributed by atoms with E-state index in [9.17, 15) is 0 Å². The molecule has 1 aliphatic heterocycles. The predicted octanol–water partition coefficient (Wildman–Crippen LogP) is 7.07. The lowest BCUT2D eigenvalue weighted by molar-refractivity contribution is 0.0880. The quantitative estimate of drug-likeness (QED) is 0.503. The second kappa shape index (κ2) is 9.04. The van der Waals surface area contributed by atoms with Crippen molar-refractivity contribution in [2.24, 2.45) is 23.7 Å². The van der Waals surface area contributed by atoms with Crippen LogP contribution in [0.25, 0.3) is 0 Å². The van der Waals surface area contributed by atoms with Crippen LogP contribution in [-0.2, 0) is 0 Å². The van der Waals surface area contributed by atoms with E-state index in [4.69, 9.17) is 14.6 Å². The molecule has 0 amide bonds. The third kappa shape index (κ3) is 3.67. The zero-order valence-corrected chi connectivity index (χ0v) is 20.6. The molecular formula is C28H45N3O. The minimum Gasteiger partial charge on any atom is -0.425 e. The van der Waals surface area contributed by atoms with Gasteiger partial charge in [0.05, 0.1) is 0 Å². The third-order valence-corrected chi connectivity index (χ3v) is 10.8. The number of hydrogen-bond acceptors (Lipinski definition) is 4. The molecule has 5 aliphatic rings. The predicted molar refractivity (Wildman–Crippen MR) is 128 cm³/mol. The summed E-state index contributed by atoms with van der Waals surface area (Å²) in [7, 11) is 0. The van der Waals surface area contributed by atoms with Crippen LogP contribution in [0, 0.1) is 23.7 Å². The second-order valence-corrected chi connectivity index (χ2v) is 12.2. The highest BCUT2D eigenvalue weighted by Crippen LogP contribution is 2.53. The van der Waals surface area contributed by atoms with Crippen LogP contribution in [0.2, 0.25) is 0 Å². The Bertz CT molecular complexity index is 774. The minimum absolute atomic E-state index is 0.503. The fourth-order valence-electron chi connectivity index (χ4n) is 9.17. The number of rotatable bonds is 4. The number of fused-ring (bicyclic) bond motifs is 4. The van der Waals surface area contributed by atoms with Crippen LogP contribution in [0.3, 0.4) is 0 Å². The van der Waals surface area contributed by atoms with E-state index in [1.807, 2.05) is 0 Å². The van der Waals surface area contributed by atoms with Crippen molar-refractivity contribution < 1.29 is 4.42 Å². The van der Waals surface area contributed by atoms with E-state index in [0.29, 0.717) is 11.8 Å². The van der Waals surface area contributed by atoms with Crippen molar-refractivity contribution in [3.8, 4) is 0 Å². The molecule has 1 aromatic heterocycles. The lowest BCUT2D eigenvalue weighted by Crippen LogP contribution is -2.45. The van der Waals surface area contributed by atoms with Crippen molar-refractivity contribution in [3.63, 3.8) is 0 Å². The monoisotopic (exact) mass is 439 g/mol. The van der Waals surface area contributed by atoms with Crippen molar-refractivity contribution in [1.29, 1.82) is 0 Å². The summed E-state index contributed by atoms with van der Waals surface area (Å²) >= 11 is 0. The molecule has 1 saturated heterocycles. The summed E-state index contributed by atoms with van der Waals surface area (Å²) in [5.74, 6) is 6.53. The molecule has 9 atom stereocenters. The average molecular weight is 440 g/mol. The van der Waals surface area contributed by atoms with Crippen LogP contribution in [-0.4, -0.2) is 33.2 Å². The van der Waals surface area contributed by atoms with Crippen LogP contribution >= 0.6 is 0 Å². The molecule has 4 heteroatoms. The summed E-state index contributed by atoms with van der Waals surface area (Å²) in [6.45, 7) is 4.86. The Morgan fingerprint density at radius 3 is 2.38 bits per heavy atom. The van der Waals surface area contributed by atoms with Crippen molar-refractivity contribution >= 4 is 0 Å². The zero-order chi connectivity index (χ0) is 21.7. The lowest BCUT2D eigenvalue weighted by Gasteiger charge is -2.40. The summed E-state index contributed by atoms with van der Waals surface area (Å²) in [6.07, 6.45) is 20.6. The first-order valence-electron chi connectivity index (χ1n) is 14.3. The Labute approximate surface area is 195 Å². The summed E-state index contributed by atoms with van der Waals surface area (Å²) in [5.41, 5.74) is 0. The number of hydrogen-bond donors (Lipinski definition) is 0. The maximum Gasteiger partial charge on any atom is 0.219 e. The summed E-state index contributed by atoms with van der Waals surface area (Å²) < 4.78 is 6.56. The largest absolute Gasteiger partial charge is 0.425 e. The van der Waals surface area contributed by atoms with Gasteiger partial charge in [-0.3, -0.25) is 4.90 Å². The van der Waals surface area contributed by atoms with Gasteiger partial charge in [-0.15, -0.1) is 10.2 Å². The van der Waals surface area contributed by atoms with Crippen molar-refractivity contribution in [2.45, 2.75) is 140 Å². The van der Waals surface area contributed by atoms with E-state index in [-0.39, 0.29) is 0 Å². The minimum atomic E-state index is 0.503. The van der Waals surface area contributed by atoms with Gasteiger partial charge in [0.15, 0.2) is 0 Å². The van der Waals surface area contributed by atoms with Crippen LogP contribution in [0.5, 0.6) is 0 Å². The standard InChI is InChI=1S/C28H45N3O/c1-3-18(2)31-25-14-7-6-12-22(25)24-17-20(15-16-26(24)31)27-29-30-28(32-27)23-13-8-10-19-9-4-5-11-21(19)23/h18-26H,3-17H2,1-2H3. The molecule has 0 N–H and O–H groups in total. The van der Waals surface area contributed by atoms with Crippen LogP contribution in [0.1, 0.15) is 134 Å². The molecule has 6 rings (SSSR count). The van der Waals surface area contributed by atoms with Crippen molar-refractivity contribution in [2.75, 3.05) is 0 Å². The highest BCUT2D eigenvalue weighted by atomic mass is 16.4. The van der Waals surface area contributed by atoms with E-state index in [0.717, 1.165) is 53.6 Å². The van der Waals surface area contributed by atoms with E-state index in [1.54, 1.807) is 0 Å². The van der Waals surface area contributed by atoms with Gasteiger partial charge in [-0.1, -0.05) is 51.9 Å². The zero-order valence-electron chi connectivity index (χ0n) is 20.6. The molecule has 0 bridgehead atoms. The molecule has 178 valence electrons. The molecule has 0 aromatic carbocycles. The van der Waals surface area contributed by atoms with E-state index in [2.05, 4.69) is 18.7 Å². The summed E-state index contributed by atoms with van der Waals surface area (Å²) in [6, 6.07) is 2.38. The molecule has 2 heterocycles. The Morgan fingerprint density at radius 1 is 0.781 bits per heavy atom. The molecule has 4 aliphatic carbocycles. The third-order valence-electron chi connectivity index (χ3n) is 10.8. The van der Waals surface area contributed by atoms with E-state index < -0.39 is 0 Å². The van der Waals surface area contributed by atoms with Gasteiger partial charge in [0.25, 0.3) is 0 Å². The summed E-state index contributed by atoms with van der Waals surface area (Å²) in [5, 5.41) is 9.41. The Hall–Kier alpha value is -0.900. The maximum atomic E-state index is 6.56. The number of nitrogens with zero attached hydrogens (tertiary/aromatic N) is 3. The second-order valence-electron chi connectivity index (χ2n) is 12.2. The first-order valence-corrected chi connectivity index (χ1v) is 14.3. The van der Waals surface area contributed by atoms with E-state index >= 15 is 0 Å². The van der Waals surface area contributed by atoms with Crippen LogP contribution < -0.4 is 0 Å². The van der Waals surface area contributed by atoms with Gasteiger partial charge in [-0.05, 0) is 82.0 Å².